The van der Waals surface area contributed by atoms with E-state index in [1.165, 1.54) is 19.3 Å². The van der Waals surface area contributed by atoms with Gasteiger partial charge >= 0.3 is 0 Å². The van der Waals surface area contributed by atoms with Crippen molar-refractivity contribution in [2.45, 2.75) is 44.6 Å². The van der Waals surface area contributed by atoms with Crippen LogP contribution in [0.5, 0.6) is 0 Å². The van der Waals surface area contributed by atoms with Crippen LogP contribution in [0.3, 0.4) is 0 Å². The van der Waals surface area contributed by atoms with E-state index < -0.39 is 0 Å². The van der Waals surface area contributed by atoms with Crippen molar-refractivity contribution in [3.05, 3.63) is 0 Å². The summed E-state index contributed by atoms with van der Waals surface area (Å²) in [5.74, 6) is 0.237. The average Bonchev–Trinajstić information content (AvgIpc) is 1.98. The highest BCUT2D eigenvalue weighted by Crippen LogP contribution is 2.18. The third-order valence-electron chi connectivity index (χ3n) is 2.26. The fraction of sp³-hybridized carbons (Fsp3) is 0.889. The van der Waals surface area contributed by atoms with Crippen molar-refractivity contribution >= 4 is 21.8 Å². The molecule has 1 N–H and O–H groups in total. The van der Waals surface area contributed by atoms with Crippen molar-refractivity contribution in [2.75, 3.05) is 5.33 Å². The van der Waals surface area contributed by atoms with Crippen LogP contribution in [0.15, 0.2) is 0 Å². The second-order valence-corrected chi connectivity index (χ2v) is 4.13. The van der Waals surface area contributed by atoms with E-state index in [2.05, 4.69) is 21.2 Å². The Bertz CT molecular complexity index is 145. The van der Waals surface area contributed by atoms with E-state index in [-0.39, 0.29) is 5.91 Å². The Kier molecular flexibility index (Phi) is 4.66. The standard InChI is InChI=1S/C9H16BrNO/c10-7-2-1-6-9(12)11-8-4-3-5-8/h8H,1-7H2,(H,11,12). The number of carbonyl (C=O) groups is 1. The lowest BCUT2D eigenvalue weighted by Gasteiger charge is -2.26. The zero-order chi connectivity index (χ0) is 8.81. The van der Waals surface area contributed by atoms with Gasteiger partial charge < -0.3 is 5.32 Å². The van der Waals surface area contributed by atoms with Gasteiger partial charge in [0.15, 0.2) is 0 Å². The van der Waals surface area contributed by atoms with Crippen molar-refractivity contribution < 1.29 is 4.79 Å². The summed E-state index contributed by atoms with van der Waals surface area (Å²) in [6.45, 7) is 0. The van der Waals surface area contributed by atoms with E-state index in [0.29, 0.717) is 12.5 Å². The van der Waals surface area contributed by atoms with E-state index in [9.17, 15) is 4.79 Å². The summed E-state index contributed by atoms with van der Waals surface area (Å²) in [5, 5.41) is 4.02. The van der Waals surface area contributed by atoms with Crippen LogP contribution in [0.25, 0.3) is 0 Å². The Balaban J connectivity index is 1.95. The summed E-state index contributed by atoms with van der Waals surface area (Å²) in [6, 6.07) is 0.501. The Labute approximate surface area is 82.2 Å². The maximum absolute atomic E-state index is 11.2. The predicted octanol–water partition coefficient (Wildman–Crippen LogP) is 2.22. The number of hydrogen-bond acceptors (Lipinski definition) is 1. The summed E-state index contributed by atoms with van der Waals surface area (Å²) < 4.78 is 0. The van der Waals surface area contributed by atoms with Crippen LogP contribution in [-0.4, -0.2) is 17.3 Å². The number of alkyl halides is 1. The molecule has 1 saturated carbocycles. The molecule has 1 fully saturated rings. The SMILES string of the molecule is O=C(CCCCBr)NC1CCC1. The van der Waals surface area contributed by atoms with E-state index in [4.69, 9.17) is 0 Å². The lowest BCUT2D eigenvalue weighted by atomic mass is 9.93. The van der Waals surface area contributed by atoms with Gasteiger partial charge in [-0.05, 0) is 32.1 Å². The minimum Gasteiger partial charge on any atom is -0.353 e. The first-order valence-corrected chi connectivity index (χ1v) is 5.80. The van der Waals surface area contributed by atoms with Crippen molar-refractivity contribution in [2.24, 2.45) is 0 Å². The third-order valence-corrected chi connectivity index (χ3v) is 2.82. The average molecular weight is 234 g/mol. The van der Waals surface area contributed by atoms with Gasteiger partial charge in [0, 0.05) is 17.8 Å². The van der Waals surface area contributed by atoms with Crippen LogP contribution >= 0.6 is 15.9 Å². The molecule has 2 nitrogen and oxygen atoms in total. The normalized spacial score (nSPS) is 17.1. The minimum atomic E-state index is 0.237. The van der Waals surface area contributed by atoms with Gasteiger partial charge in [0.2, 0.25) is 5.91 Å². The van der Waals surface area contributed by atoms with Gasteiger partial charge in [0.25, 0.3) is 0 Å². The van der Waals surface area contributed by atoms with E-state index in [1.807, 2.05) is 0 Å². The molecule has 0 saturated heterocycles. The molecule has 0 radical (unpaired) electrons. The first-order valence-electron chi connectivity index (χ1n) is 4.68. The predicted molar refractivity (Wildman–Crippen MR) is 53.4 cm³/mol. The van der Waals surface area contributed by atoms with Gasteiger partial charge in [-0.1, -0.05) is 15.9 Å². The molecule has 0 aromatic heterocycles. The first-order chi connectivity index (χ1) is 5.83. The molecule has 1 aliphatic rings. The summed E-state index contributed by atoms with van der Waals surface area (Å²) >= 11 is 3.34. The van der Waals surface area contributed by atoms with Crippen molar-refractivity contribution in [1.29, 1.82) is 0 Å². The van der Waals surface area contributed by atoms with E-state index >= 15 is 0 Å². The summed E-state index contributed by atoms with van der Waals surface area (Å²) in [5.41, 5.74) is 0. The Morgan fingerprint density at radius 1 is 1.42 bits per heavy atom. The van der Waals surface area contributed by atoms with Gasteiger partial charge in [-0.25, -0.2) is 0 Å². The summed E-state index contributed by atoms with van der Waals surface area (Å²) in [6.07, 6.45) is 6.45. The Hall–Kier alpha value is -0.0500. The zero-order valence-corrected chi connectivity index (χ0v) is 8.90. The quantitative estimate of drug-likeness (QED) is 0.573. The largest absolute Gasteiger partial charge is 0.353 e. The highest BCUT2D eigenvalue weighted by molar-refractivity contribution is 9.09. The molecular weight excluding hydrogens is 218 g/mol. The van der Waals surface area contributed by atoms with Crippen LogP contribution in [0.2, 0.25) is 0 Å². The molecule has 0 spiro atoms. The number of unbranched alkanes of at least 4 members (excludes halogenated alkanes) is 1. The number of nitrogens with one attached hydrogen (secondary N) is 1. The van der Waals surface area contributed by atoms with Crippen molar-refractivity contribution in [3.8, 4) is 0 Å². The number of amides is 1. The molecule has 0 bridgehead atoms. The molecule has 0 aromatic carbocycles. The maximum Gasteiger partial charge on any atom is 0.220 e. The zero-order valence-electron chi connectivity index (χ0n) is 7.31. The fourth-order valence-electron chi connectivity index (χ4n) is 1.23. The topological polar surface area (TPSA) is 29.1 Å². The molecule has 0 unspecified atom stereocenters. The summed E-state index contributed by atoms with van der Waals surface area (Å²) in [7, 11) is 0. The maximum atomic E-state index is 11.2. The summed E-state index contributed by atoms with van der Waals surface area (Å²) in [4.78, 5) is 11.2. The first kappa shape index (κ1) is 10.0. The molecule has 12 heavy (non-hydrogen) atoms. The number of carbonyl (C=O) groups excluding carboxylic acids is 1. The van der Waals surface area contributed by atoms with Gasteiger partial charge in [0.05, 0.1) is 0 Å². The molecule has 0 atom stereocenters. The van der Waals surface area contributed by atoms with Gasteiger partial charge in [-0.2, -0.15) is 0 Å². The molecule has 1 aliphatic carbocycles. The second kappa shape index (κ2) is 5.57. The minimum absolute atomic E-state index is 0.237. The molecule has 1 amide bonds. The second-order valence-electron chi connectivity index (χ2n) is 3.34. The number of hydrogen-bond donors (Lipinski definition) is 1. The smallest absolute Gasteiger partial charge is 0.220 e. The molecule has 1 rings (SSSR count). The molecule has 0 aromatic rings. The van der Waals surface area contributed by atoms with Gasteiger partial charge in [-0.15, -0.1) is 0 Å². The van der Waals surface area contributed by atoms with Crippen molar-refractivity contribution in [1.82, 2.24) is 5.32 Å². The van der Waals surface area contributed by atoms with Gasteiger partial charge in [-0.3, -0.25) is 4.79 Å². The van der Waals surface area contributed by atoms with Crippen LogP contribution in [0, 0.1) is 0 Å². The lowest BCUT2D eigenvalue weighted by Crippen LogP contribution is -2.39. The fourth-order valence-corrected chi connectivity index (χ4v) is 1.63. The highest BCUT2D eigenvalue weighted by Gasteiger charge is 2.18. The van der Waals surface area contributed by atoms with Gasteiger partial charge in [0.1, 0.15) is 0 Å². The van der Waals surface area contributed by atoms with E-state index in [0.717, 1.165) is 18.2 Å². The molecule has 0 aliphatic heterocycles. The number of halogens is 1. The molecule has 3 heteroatoms. The monoisotopic (exact) mass is 233 g/mol. The van der Waals surface area contributed by atoms with Crippen LogP contribution in [0.4, 0.5) is 0 Å². The Morgan fingerprint density at radius 3 is 2.67 bits per heavy atom. The highest BCUT2D eigenvalue weighted by atomic mass is 79.9. The van der Waals surface area contributed by atoms with E-state index in [1.54, 1.807) is 0 Å². The van der Waals surface area contributed by atoms with Crippen molar-refractivity contribution in [3.63, 3.8) is 0 Å². The third kappa shape index (κ3) is 3.57. The Morgan fingerprint density at radius 2 is 2.17 bits per heavy atom. The molecule has 0 heterocycles. The molecular formula is C9H16BrNO. The van der Waals surface area contributed by atoms with Crippen LogP contribution in [-0.2, 0) is 4.79 Å². The van der Waals surface area contributed by atoms with Crippen LogP contribution in [0.1, 0.15) is 38.5 Å². The van der Waals surface area contributed by atoms with Crippen LogP contribution < -0.4 is 5.32 Å². The molecule has 70 valence electrons. The number of rotatable bonds is 5. The lowest BCUT2D eigenvalue weighted by molar-refractivity contribution is -0.122.